The van der Waals surface area contributed by atoms with Crippen LogP contribution in [-0.4, -0.2) is 38.8 Å². The van der Waals surface area contributed by atoms with Gasteiger partial charge < -0.3 is 15.6 Å². The van der Waals surface area contributed by atoms with Crippen LogP contribution in [0.5, 0.6) is 0 Å². The Labute approximate surface area is 185 Å². The molecule has 0 bridgehead atoms. The highest BCUT2D eigenvalue weighted by Crippen LogP contribution is 2.28. The van der Waals surface area contributed by atoms with Crippen LogP contribution in [-0.2, 0) is 0 Å². The highest BCUT2D eigenvalue weighted by Gasteiger charge is 2.19. The predicted molar refractivity (Wildman–Crippen MR) is 126 cm³/mol. The molecule has 3 N–H and O–H groups in total. The average Bonchev–Trinajstić information content (AvgIpc) is 3.37. The van der Waals surface area contributed by atoms with E-state index in [0.717, 1.165) is 28.3 Å². The first-order valence-electron chi connectivity index (χ1n) is 10.4. The molecule has 2 aromatic carbocycles. The number of hydrogen-bond acceptors (Lipinski definition) is 4. The molecule has 1 amide bonds. The molecule has 0 radical (unpaired) electrons. The van der Waals surface area contributed by atoms with Gasteiger partial charge in [-0.25, -0.2) is 9.97 Å². The summed E-state index contributed by atoms with van der Waals surface area (Å²) in [5.41, 5.74) is 9.89. The van der Waals surface area contributed by atoms with Gasteiger partial charge in [-0.1, -0.05) is 24.1 Å². The highest BCUT2D eigenvalue weighted by molar-refractivity contribution is 5.96. The van der Waals surface area contributed by atoms with Crippen molar-refractivity contribution < 1.29 is 4.79 Å². The van der Waals surface area contributed by atoms with E-state index in [-0.39, 0.29) is 5.91 Å². The number of anilines is 1. The van der Waals surface area contributed by atoms with E-state index in [0.29, 0.717) is 30.3 Å². The number of imidazole rings is 1. The Bertz CT molecular complexity index is 1380. The molecule has 3 heterocycles. The molecule has 0 saturated heterocycles. The molecule has 6 heteroatoms. The Morgan fingerprint density at radius 2 is 1.91 bits per heavy atom. The van der Waals surface area contributed by atoms with Crippen LogP contribution < -0.4 is 5.73 Å². The lowest BCUT2D eigenvalue weighted by Crippen LogP contribution is -2.34. The number of nitrogens with two attached hydrogens (primary N) is 1. The Hall–Kier alpha value is -4.37. The summed E-state index contributed by atoms with van der Waals surface area (Å²) in [5, 5.41) is 2.03. The number of H-pyrrole nitrogens is 1. The van der Waals surface area contributed by atoms with E-state index < -0.39 is 0 Å². The van der Waals surface area contributed by atoms with Crippen molar-refractivity contribution in [3.05, 3.63) is 95.7 Å². The van der Waals surface area contributed by atoms with Crippen molar-refractivity contribution in [1.29, 1.82) is 0 Å². The molecular weight excluding hydrogens is 398 g/mol. The highest BCUT2D eigenvalue weighted by atomic mass is 16.2. The number of fused-ring (bicyclic) bond motifs is 1. The van der Waals surface area contributed by atoms with E-state index in [1.54, 1.807) is 18.6 Å². The molecule has 0 atom stereocenters. The number of nitrogens with zero attached hydrogens (tertiary/aromatic N) is 3. The summed E-state index contributed by atoms with van der Waals surface area (Å²) < 4.78 is 0. The topological polar surface area (TPSA) is 87.9 Å². The van der Waals surface area contributed by atoms with Crippen molar-refractivity contribution in [1.82, 2.24) is 19.9 Å². The van der Waals surface area contributed by atoms with Crippen molar-refractivity contribution >= 4 is 28.1 Å². The van der Waals surface area contributed by atoms with Gasteiger partial charge in [-0.05, 0) is 65.3 Å². The minimum Gasteiger partial charge on any atom is -0.383 e. The van der Waals surface area contributed by atoms with Gasteiger partial charge in [0.1, 0.15) is 5.82 Å². The third-order valence-corrected chi connectivity index (χ3v) is 5.62. The summed E-state index contributed by atoms with van der Waals surface area (Å²) in [5.74, 6) is 7.18. The molecule has 0 fully saturated rings. The number of nitrogen functional groups attached to an aromatic ring is 1. The zero-order valence-electron chi connectivity index (χ0n) is 17.4. The normalized spacial score (nSPS) is 13.4. The molecule has 6 nitrogen and oxygen atoms in total. The number of amides is 1. The fraction of sp³-hybridized carbons (Fsp3) is 0.115. The van der Waals surface area contributed by atoms with Crippen molar-refractivity contribution in [2.24, 2.45) is 0 Å². The van der Waals surface area contributed by atoms with Gasteiger partial charge in [0.05, 0.1) is 0 Å². The smallest absolute Gasteiger partial charge is 0.254 e. The molecule has 32 heavy (non-hydrogen) atoms. The molecule has 0 unspecified atom stereocenters. The minimum atomic E-state index is 0.0257. The van der Waals surface area contributed by atoms with E-state index in [1.165, 1.54) is 5.57 Å². The van der Waals surface area contributed by atoms with Crippen LogP contribution in [0.15, 0.2) is 73.2 Å². The van der Waals surface area contributed by atoms with Gasteiger partial charge in [0.15, 0.2) is 5.82 Å². The maximum absolute atomic E-state index is 12.9. The second-order valence-corrected chi connectivity index (χ2v) is 7.63. The summed E-state index contributed by atoms with van der Waals surface area (Å²) >= 11 is 0. The van der Waals surface area contributed by atoms with Crippen LogP contribution in [0.25, 0.3) is 16.3 Å². The average molecular weight is 419 g/mol. The fourth-order valence-corrected chi connectivity index (χ4v) is 3.85. The number of nitrogens with one attached hydrogen (secondary N) is 1. The third kappa shape index (κ3) is 3.96. The Balaban J connectivity index is 1.28. The lowest BCUT2D eigenvalue weighted by atomic mass is 9.96. The van der Waals surface area contributed by atoms with E-state index in [9.17, 15) is 4.79 Å². The molecule has 2 aromatic heterocycles. The molecule has 1 aliphatic rings. The van der Waals surface area contributed by atoms with E-state index >= 15 is 0 Å². The van der Waals surface area contributed by atoms with Crippen molar-refractivity contribution in [3.63, 3.8) is 0 Å². The SMILES string of the molecule is Nc1nccc2ccc(C3=CCN(C(=O)c4ccc(C#Cc5ncc[nH]5)cc4)CC3)cc12. The number of hydrogen-bond donors (Lipinski definition) is 2. The molecule has 156 valence electrons. The summed E-state index contributed by atoms with van der Waals surface area (Å²) in [6.45, 7) is 1.25. The van der Waals surface area contributed by atoms with Crippen LogP contribution in [0.2, 0.25) is 0 Å². The number of pyridine rings is 1. The van der Waals surface area contributed by atoms with E-state index in [4.69, 9.17) is 5.73 Å². The number of benzene rings is 2. The fourth-order valence-electron chi connectivity index (χ4n) is 3.85. The van der Waals surface area contributed by atoms with Gasteiger partial charge in [-0.15, -0.1) is 0 Å². The van der Waals surface area contributed by atoms with Crippen molar-refractivity contribution in [2.75, 3.05) is 18.8 Å². The maximum Gasteiger partial charge on any atom is 0.254 e. The molecular formula is C26H21N5O. The Kier molecular flexibility index (Phi) is 5.14. The number of carbonyl (C=O) groups excluding carboxylic acids is 1. The number of rotatable bonds is 2. The maximum atomic E-state index is 12.9. The second kappa shape index (κ2) is 8.40. The zero-order valence-corrected chi connectivity index (χ0v) is 17.4. The molecule has 0 saturated carbocycles. The largest absolute Gasteiger partial charge is 0.383 e. The molecule has 5 rings (SSSR count). The summed E-state index contributed by atoms with van der Waals surface area (Å²) in [6, 6.07) is 15.6. The summed E-state index contributed by atoms with van der Waals surface area (Å²) in [4.78, 5) is 26.0. The van der Waals surface area contributed by atoms with Crippen LogP contribution in [0.4, 0.5) is 5.82 Å². The quantitative estimate of drug-likeness (QED) is 0.483. The van der Waals surface area contributed by atoms with Crippen LogP contribution in [0.3, 0.4) is 0 Å². The van der Waals surface area contributed by atoms with Gasteiger partial charge in [0.2, 0.25) is 0 Å². The lowest BCUT2D eigenvalue weighted by molar-refractivity contribution is 0.0773. The van der Waals surface area contributed by atoms with Gasteiger partial charge in [0, 0.05) is 48.2 Å². The van der Waals surface area contributed by atoms with Gasteiger partial charge >= 0.3 is 0 Å². The number of aromatic nitrogens is 3. The molecule has 4 aromatic rings. The Morgan fingerprint density at radius 3 is 2.66 bits per heavy atom. The van der Waals surface area contributed by atoms with Crippen LogP contribution >= 0.6 is 0 Å². The first-order valence-corrected chi connectivity index (χ1v) is 10.4. The summed E-state index contributed by atoms with van der Waals surface area (Å²) in [6.07, 6.45) is 8.04. The standard InChI is InChI=1S/C26H21N5O/c27-25-23-17-22(7-6-20(23)9-12-30-25)19-10-15-31(16-11-19)26(32)21-4-1-18(2-5-21)3-8-24-28-13-14-29-24/h1-2,4-7,9-10,12-14,17H,11,15-16H2,(H2,27,30)(H,28,29). The molecule has 0 spiro atoms. The zero-order chi connectivity index (χ0) is 21.9. The molecule has 1 aliphatic heterocycles. The predicted octanol–water partition coefficient (Wildman–Crippen LogP) is 3.87. The number of carbonyl (C=O) groups is 1. The Morgan fingerprint density at radius 1 is 1.03 bits per heavy atom. The van der Waals surface area contributed by atoms with Gasteiger partial charge in [-0.3, -0.25) is 4.79 Å². The molecule has 0 aliphatic carbocycles. The first-order chi connectivity index (χ1) is 15.7. The van der Waals surface area contributed by atoms with Gasteiger partial charge in [0.25, 0.3) is 5.91 Å². The minimum absolute atomic E-state index is 0.0257. The summed E-state index contributed by atoms with van der Waals surface area (Å²) in [7, 11) is 0. The first kappa shape index (κ1) is 19.6. The third-order valence-electron chi connectivity index (χ3n) is 5.62. The lowest BCUT2D eigenvalue weighted by Gasteiger charge is -2.27. The van der Waals surface area contributed by atoms with E-state index in [2.05, 4.69) is 51.1 Å². The van der Waals surface area contributed by atoms with Crippen LogP contribution in [0.1, 0.15) is 33.7 Å². The van der Waals surface area contributed by atoms with Crippen molar-refractivity contribution in [3.8, 4) is 11.8 Å². The van der Waals surface area contributed by atoms with Crippen LogP contribution in [0, 0.1) is 11.8 Å². The monoisotopic (exact) mass is 419 g/mol. The van der Waals surface area contributed by atoms with Gasteiger partial charge in [-0.2, -0.15) is 0 Å². The van der Waals surface area contributed by atoms with Crippen molar-refractivity contribution in [2.45, 2.75) is 6.42 Å². The number of aromatic amines is 1. The van der Waals surface area contributed by atoms with E-state index in [1.807, 2.05) is 35.2 Å². The second-order valence-electron chi connectivity index (χ2n) is 7.63.